The van der Waals surface area contributed by atoms with Gasteiger partial charge in [-0.15, -0.1) is 11.3 Å². The molecule has 0 radical (unpaired) electrons. The van der Waals surface area contributed by atoms with E-state index >= 15 is 0 Å². The van der Waals surface area contributed by atoms with E-state index in [9.17, 15) is 4.79 Å². The van der Waals surface area contributed by atoms with Gasteiger partial charge in [-0.3, -0.25) is 9.78 Å². The predicted octanol–water partition coefficient (Wildman–Crippen LogP) is 3.72. The molecule has 1 amide bonds. The number of aromatic nitrogens is 1. The molecule has 4 nitrogen and oxygen atoms in total. The van der Waals surface area contributed by atoms with Crippen LogP contribution in [0.25, 0.3) is 0 Å². The molecule has 0 bridgehead atoms. The summed E-state index contributed by atoms with van der Waals surface area (Å²) in [4.78, 5) is 19.9. The molecule has 21 heavy (non-hydrogen) atoms. The zero-order valence-electron chi connectivity index (χ0n) is 12.9. The predicted molar refractivity (Wildman–Crippen MR) is 88.0 cm³/mol. The van der Waals surface area contributed by atoms with Crippen molar-refractivity contribution in [1.82, 2.24) is 9.88 Å². The highest BCUT2D eigenvalue weighted by Crippen LogP contribution is 2.26. The topological polar surface area (TPSA) is 45.2 Å². The molecule has 0 saturated heterocycles. The Morgan fingerprint density at radius 1 is 1.52 bits per heavy atom. The quantitative estimate of drug-likeness (QED) is 0.915. The first-order valence-corrected chi connectivity index (χ1v) is 7.93. The fourth-order valence-electron chi connectivity index (χ4n) is 2.15. The molecule has 1 N–H and O–H groups in total. The lowest BCUT2D eigenvalue weighted by Crippen LogP contribution is -2.30. The van der Waals surface area contributed by atoms with Crippen molar-refractivity contribution in [1.29, 1.82) is 0 Å². The molecule has 0 fully saturated rings. The second-order valence-electron chi connectivity index (χ2n) is 5.01. The smallest absolute Gasteiger partial charge is 0.257 e. The lowest BCUT2D eigenvalue weighted by molar-refractivity contribution is 0.0745. The summed E-state index contributed by atoms with van der Waals surface area (Å²) in [6, 6.07) is 6.03. The summed E-state index contributed by atoms with van der Waals surface area (Å²) >= 11 is 1.66. The van der Waals surface area contributed by atoms with Crippen LogP contribution in [0.4, 0.5) is 5.69 Å². The van der Waals surface area contributed by atoms with Crippen molar-refractivity contribution in [3.63, 3.8) is 0 Å². The first-order valence-electron chi connectivity index (χ1n) is 7.05. The Labute approximate surface area is 129 Å². The maximum atomic E-state index is 12.7. The molecule has 2 rings (SSSR count). The lowest BCUT2D eigenvalue weighted by atomic mass is 10.1. The van der Waals surface area contributed by atoms with Gasteiger partial charge >= 0.3 is 0 Å². The number of hydrogen-bond acceptors (Lipinski definition) is 4. The fraction of sp³-hybridized carbons (Fsp3) is 0.375. The van der Waals surface area contributed by atoms with Gasteiger partial charge in [-0.05, 0) is 38.3 Å². The Balaban J connectivity index is 2.27. The number of rotatable bonds is 5. The van der Waals surface area contributed by atoms with Gasteiger partial charge in [-0.1, -0.05) is 6.07 Å². The van der Waals surface area contributed by atoms with E-state index in [2.05, 4.69) is 16.4 Å². The van der Waals surface area contributed by atoms with Gasteiger partial charge in [0.1, 0.15) is 0 Å². The molecule has 0 saturated carbocycles. The van der Waals surface area contributed by atoms with Crippen LogP contribution in [0.5, 0.6) is 0 Å². The SMILES string of the molecule is CCNc1cc(C)ncc1C(=O)N(C)C(C)c1cccs1. The van der Waals surface area contributed by atoms with E-state index in [-0.39, 0.29) is 11.9 Å². The Morgan fingerprint density at radius 3 is 2.90 bits per heavy atom. The van der Waals surface area contributed by atoms with E-state index in [1.54, 1.807) is 22.4 Å². The highest BCUT2D eigenvalue weighted by atomic mass is 32.1. The van der Waals surface area contributed by atoms with Crippen LogP contribution in [0.2, 0.25) is 0 Å². The Kier molecular flexibility index (Phi) is 4.96. The Bertz CT molecular complexity index is 610. The van der Waals surface area contributed by atoms with Gasteiger partial charge in [0.25, 0.3) is 5.91 Å². The Hall–Kier alpha value is -1.88. The molecule has 112 valence electrons. The van der Waals surface area contributed by atoms with Crippen LogP contribution in [0.1, 0.15) is 40.8 Å². The van der Waals surface area contributed by atoms with E-state index in [1.165, 1.54) is 4.88 Å². The molecular weight excluding hydrogens is 282 g/mol. The third kappa shape index (κ3) is 3.42. The van der Waals surface area contributed by atoms with Crippen molar-refractivity contribution in [3.8, 4) is 0 Å². The summed E-state index contributed by atoms with van der Waals surface area (Å²) < 4.78 is 0. The van der Waals surface area contributed by atoms with Crippen LogP contribution >= 0.6 is 11.3 Å². The number of nitrogens with zero attached hydrogens (tertiary/aromatic N) is 2. The van der Waals surface area contributed by atoms with Crippen molar-refractivity contribution in [3.05, 3.63) is 45.9 Å². The molecule has 1 unspecified atom stereocenters. The summed E-state index contributed by atoms with van der Waals surface area (Å²) in [7, 11) is 1.84. The van der Waals surface area contributed by atoms with Crippen molar-refractivity contribution in [2.24, 2.45) is 0 Å². The minimum atomic E-state index is -0.0145. The van der Waals surface area contributed by atoms with Gasteiger partial charge in [0.05, 0.1) is 17.3 Å². The average Bonchev–Trinajstić information content (AvgIpc) is 3.00. The highest BCUT2D eigenvalue weighted by molar-refractivity contribution is 7.10. The van der Waals surface area contributed by atoms with Crippen molar-refractivity contribution in [2.45, 2.75) is 26.8 Å². The highest BCUT2D eigenvalue weighted by Gasteiger charge is 2.22. The molecule has 0 spiro atoms. The number of aryl methyl sites for hydroxylation is 1. The van der Waals surface area contributed by atoms with Gasteiger partial charge in [-0.2, -0.15) is 0 Å². The summed E-state index contributed by atoms with van der Waals surface area (Å²) in [6.07, 6.45) is 1.66. The number of carbonyl (C=O) groups excluding carboxylic acids is 1. The number of hydrogen-bond donors (Lipinski definition) is 1. The fourth-order valence-corrected chi connectivity index (χ4v) is 2.98. The molecule has 1 atom stereocenters. The molecule has 5 heteroatoms. The van der Waals surface area contributed by atoms with Crippen LogP contribution < -0.4 is 5.32 Å². The molecule has 0 aromatic carbocycles. The summed E-state index contributed by atoms with van der Waals surface area (Å²) in [6.45, 7) is 6.75. The molecule has 2 heterocycles. The third-order valence-electron chi connectivity index (χ3n) is 3.49. The van der Waals surface area contributed by atoms with Gasteiger partial charge in [0.2, 0.25) is 0 Å². The standard InChI is InChI=1S/C16H21N3OS/c1-5-17-14-9-11(2)18-10-13(14)16(20)19(4)12(3)15-7-6-8-21-15/h6-10,12H,5H2,1-4H3,(H,17,18). The zero-order chi connectivity index (χ0) is 15.4. The molecule has 0 aliphatic carbocycles. The van der Waals surface area contributed by atoms with E-state index in [0.29, 0.717) is 5.56 Å². The van der Waals surface area contributed by atoms with Crippen LogP contribution in [-0.4, -0.2) is 29.4 Å². The summed E-state index contributed by atoms with van der Waals surface area (Å²) in [5.74, 6) is -0.0145. The molecule has 2 aromatic rings. The van der Waals surface area contributed by atoms with Crippen molar-refractivity contribution >= 4 is 22.9 Å². The number of nitrogens with one attached hydrogen (secondary N) is 1. The number of amides is 1. The van der Waals surface area contributed by atoms with Crippen molar-refractivity contribution < 1.29 is 4.79 Å². The second kappa shape index (κ2) is 6.72. The normalized spacial score (nSPS) is 12.0. The maximum Gasteiger partial charge on any atom is 0.257 e. The first kappa shape index (κ1) is 15.5. The van der Waals surface area contributed by atoms with E-state index < -0.39 is 0 Å². The van der Waals surface area contributed by atoms with E-state index in [1.807, 2.05) is 45.3 Å². The van der Waals surface area contributed by atoms with Gasteiger partial charge < -0.3 is 10.2 Å². The first-order chi connectivity index (χ1) is 10.0. The average molecular weight is 303 g/mol. The monoisotopic (exact) mass is 303 g/mol. The van der Waals surface area contributed by atoms with E-state index in [0.717, 1.165) is 17.9 Å². The minimum Gasteiger partial charge on any atom is -0.385 e. The molecule has 0 aliphatic heterocycles. The van der Waals surface area contributed by atoms with Crippen LogP contribution in [0, 0.1) is 6.92 Å². The molecular formula is C16H21N3OS. The van der Waals surface area contributed by atoms with Crippen LogP contribution in [0.15, 0.2) is 29.8 Å². The number of pyridine rings is 1. The van der Waals surface area contributed by atoms with Crippen LogP contribution in [0.3, 0.4) is 0 Å². The van der Waals surface area contributed by atoms with Gasteiger partial charge in [0, 0.05) is 30.4 Å². The third-order valence-corrected chi connectivity index (χ3v) is 4.54. The van der Waals surface area contributed by atoms with E-state index in [4.69, 9.17) is 0 Å². The summed E-state index contributed by atoms with van der Waals surface area (Å²) in [5.41, 5.74) is 2.37. The number of anilines is 1. The van der Waals surface area contributed by atoms with Crippen molar-refractivity contribution in [2.75, 3.05) is 18.9 Å². The second-order valence-corrected chi connectivity index (χ2v) is 5.99. The molecule has 2 aromatic heterocycles. The van der Waals surface area contributed by atoms with Gasteiger partial charge in [-0.25, -0.2) is 0 Å². The minimum absolute atomic E-state index is 0.0145. The van der Waals surface area contributed by atoms with Crippen LogP contribution in [-0.2, 0) is 0 Å². The molecule has 0 aliphatic rings. The largest absolute Gasteiger partial charge is 0.385 e. The Morgan fingerprint density at radius 2 is 2.29 bits per heavy atom. The lowest BCUT2D eigenvalue weighted by Gasteiger charge is -2.25. The van der Waals surface area contributed by atoms with Gasteiger partial charge in [0.15, 0.2) is 0 Å². The zero-order valence-corrected chi connectivity index (χ0v) is 13.7. The maximum absolute atomic E-state index is 12.7. The summed E-state index contributed by atoms with van der Waals surface area (Å²) in [5, 5.41) is 5.27. The number of thiophene rings is 1. The number of carbonyl (C=O) groups is 1.